The van der Waals surface area contributed by atoms with E-state index in [2.05, 4.69) is 42.3 Å². The number of anilines is 2. The number of fused-ring (bicyclic) bond motifs is 4. The van der Waals surface area contributed by atoms with E-state index in [1.165, 1.54) is 43.5 Å². The summed E-state index contributed by atoms with van der Waals surface area (Å²) in [6.45, 7) is 0. The van der Waals surface area contributed by atoms with E-state index in [1.807, 2.05) is 0 Å². The molecular formula is C41H25Br2Cl2F9N4O6. The number of nitrogens with one attached hydrogen (secondary N) is 1. The van der Waals surface area contributed by atoms with E-state index in [0.29, 0.717) is 17.3 Å². The maximum atomic E-state index is 15.5. The fourth-order valence-electron chi connectivity index (χ4n) is 9.43. The van der Waals surface area contributed by atoms with Gasteiger partial charge in [0.15, 0.2) is 17.3 Å². The molecule has 2 saturated heterocycles. The lowest BCUT2D eigenvalue weighted by molar-refractivity contribution is -0.143. The molecular weight excluding hydrogens is 1050 g/mol. The number of benzene rings is 3. The first-order valence-corrected chi connectivity index (χ1v) is 20.9. The number of amides is 4. The summed E-state index contributed by atoms with van der Waals surface area (Å²) >= 11 is 19.3. The van der Waals surface area contributed by atoms with E-state index in [1.54, 1.807) is 0 Å². The highest BCUT2D eigenvalue weighted by molar-refractivity contribution is 9.13. The van der Waals surface area contributed by atoms with Gasteiger partial charge in [0.1, 0.15) is 0 Å². The second-order valence-corrected chi connectivity index (χ2v) is 17.8. The van der Waals surface area contributed by atoms with E-state index in [4.69, 9.17) is 27.9 Å². The number of imide groups is 2. The van der Waals surface area contributed by atoms with Crippen molar-refractivity contribution in [3.05, 3.63) is 119 Å². The average molecular weight is 1070 g/mol. The fourth-order valence-corrected chi connectivity index (χ4v) is 10.7. The number of hydrazine groups is 1. The molecule has 0 bridgehead atoms. The van der Waals surface area contributed by atoms with Crippen molar-refractivity contribution in [1.82, 2.24) is 9.99 Å². The molecule has 6 atom stereocenters. The number of carbonyl (C=O) groups is 4. The first kappa shape index (κ1) is 45.7. The predicted molar refractivity (Wildman–Crippen MR) is 216 cm³/mol. The van der Waals surface area contributed by atoms with E-state index < -0.39 is 123 Å². The Kier molecular flexibility index (Phi) is 11.2. The number of ether oxygens (including phenoxy) is 1. The van der Waals surface area contributed by atoms with Crippen LogP contribution in [-0.2, 0) is 43.1 Å². The Labute approximate surface area is 381 Å². The molecule has 3 fully saturated rings. The smallest absolute Gasteiger partial charge is 0.417 e. The third-order valence-corrected chi connectivity index (χ3v) is 14.8. The van der Waals surface area contributed by atoms with Gasteiger partial charge in [-0.3, -0.25) is 24.6 Å². The number of pyridine rings is 1. The summed E-state index contributed by atoms with van der Waals surface area (Å²) in [5.41, 5.74) is -4.88. The molecule has 3 heterocycles. The number of aromatic hydroxyl groups is 1. The van der Waals surface area contributed by atoms with Gasteiger partial charge < -0.3 is 9.84 Å². The van der Waals surface area contributed by atoms with E-state index in [-0.39, 0.29) is 65.9 Å². The van der Waals surface area contributed by atoms with Crippen molar-refractivity contribution in [3.8, 4) is 11.5 Å². The van der Waals surface area contributed by atoms with Gasteiger partial charge in [-0.05, 0) is 104 Å². The van der Waals surface area contributed by atoms with E-state index >= 15 is 4.79 Å². The Morgan fingerprint density at radius 2 is 1.42 bits per heavy atom. The number of hydrogen-bond donors (Lipinski definition) is 2. The minimum absolute atomic E-state index is 0.00290. The molecule has 0 spiro atoms. The van der Waals surface area contributed by atoms with Crippen LogP contribution in [0, 0.1) is 23.7 Å². The number of phenolic OH excluding ortho intramolecular Hbond substituents is 1. The molecule has 10 nitrogen and oxygen atoms in total. The molecule has 2 N–H and O–H groups in total. The summed E-state index contributed by atoms with van der Waals surface area (Å²) in [5, 5.41) is 11.1. The van der Waals surface area contributed by atoms with Crippen molar-refractivity contribution in [2.75, 3.05) is 17.4 Å². The topological polar surface area (TPSA) is 129 Å². The Bertz CT molecular complexity index is 2690. The van der Waals surface area contributed by atoms with Gasteiger partial charge in [-0.2, -0.15) is 44.5 Å². The van der Waals surface area contributed by atoms with Crippen molar-refractivity contribution in [2.45, 2.75) is 42.7 Å². The molecule has 1 saturated carbocycles. The van der Waals surface area contributed by atoms with Gasteiger partial charge in [-0.15, -0.1) is 0 Å². The zero-order chi connectivity index (χ0) is 46.7. The van der Waals surface area contributed by atoms with Crippen molar-refractivity contribution in [2.24, 2.45) is 23.7 Å². The fraction of sp³-hybridized carbons (Fsp3) is 0.293. The van der Waals surface area contributed by atoms with Crippen LogP contribution in [0.15, 0.2) is 81.4 Å². The number of allylic oxidation sites excluding steroid dienone is 2. The highest BCUT2D eigenvalue weighted by Gasteiger charge is 2.71. The molecule has 4 aliphatic rings. The summed E-state index contributed by atoms with van der Waals surface area (Å²) in [6, 6.07) is 7.96. The summed E-state index contributed by atoms with van der Waals surface area (Å²) in [6.07, 6.45) is -14.4. The molecule has 2 aliphatic carbocycles. The number of rotatable bonds is 6. The van der Waals surface area contributed by atoms with E-state index in [0.717, 1.165) is 0 Å². The van der Waals surface area contributed by atoms with Gasteiger partial charge in [0, 0.05) is 21.6 Å². The summed E-state index contributed by atoms with van der Waals surface area (Å²) < 4.78 is 130. The lowest BCUT2D eigenvalue weighted by Gasteiger charge is -2.51. The van der Waals surface area contributed by atoms with Gasteiger partial charge in [0.05, 0.1) is 62.2 Å². The SMILES string of the molecule is COc1cc([C@H]2C3=CC[C@@H]4C(=O)N(c5cc(C(F)(F)F)cc(C(F)(F)F)c5)C(=O)[C@@H]4[C@@H]3C[C@H]3C(=O)N(Nc4ncc(C(F)(F)F)cc4Cl)C(=O)[C@@]23c2ccc(Cl)cc2)c(Br)c(Br)c1O. The molecule has 0 unspecified atom stereocenters. The number of halogens is 13. The van der Waals surface area contributed by atoms with Gasteiger partial charge in [0.25, 0.3) is 11.8 Å². The lowest BCUT2D eigenvalue weighted by Crippen LogP contribution is -2.53. The third-order valence-electron chi connectivity index (χ3n) is 12.1. The lowest BCUT2D eigenvalue weighted by atomic mass is 9.49. The zero-order valence-electron chi connectivity index (χ0n) is 31.9. The number of alkyl halides is 9. The van der Waals surface area contributed by atoms with Crippen LogP contribution in [0.25, 0.3) is 0 Å². The first-order chi connectivity index (χ1) is 29.8. The Morgan fingerprint density at radius 3 is 1.98 bits per heavy atom. The molecule has 23 heteroatoms. The quantitative estimate of drug-likeness (QED) is 0.111. The number of hydrogen-bond acceptors (Lipinski definition) is 8. The van der Waals surface area contributed by atoms with E-state index in [9.17, 15) is 59.0 Å². The number of methoxy groups -OCH3 is 1. The number of phenols is 1. The number of aromatic nitrogens is 1. The van der Waals surface area contributed by atoms with Gasteiger partial charge in [0.2, 0.25) is 11.8 Å². The first-order valence-electron chi connectivity index (χ1n) is 18.6. The second-order valence-electron chi connectivity index (χ2n) is 15.3. The standard InChI is InChI=1S/C41H25Br2Cl2F9N4O6/c1-64-27-13-24(30(42)31(43)32(27)59)29-21-6-7-22-28(36(62)57(34(22)60)20-9-16(39(46,47)48)8-17(10-20)40(49,50)51)23(21)12-25-35(61)58(37(63)38(25,29)15-2-4-19(44)5-3-15)56-33-26(45)11-18(14-55-33)41(52,53)54/h2-6,8-11,13-14,22-23,25,28-29,59H,7,12H2,1H3,(H,55,56)/t22-,23+,25-,28-,29+,38+/m0/s1. The third kappa shape index (κ3) is 7.11. The molecule has 4 aromatic rings. The van der Waals surface area contributed by atoms with Crippen molar-refractivity contribution in [1.29, 1.82) is 0 Å². The molecule has 8 rings (SSSR count). The Hall–Kier alpha value is -4.86. The van der Waals surface area contributed by atoms with Crippen LogP contribution in [0.3, 0.4) is 0 Å². The van der Waals surface area contributed by atoms with Crippen LogP contribution < -0.4 is 15.1 Å². The van der Waals surface area contributed by atoms with Crippen molar-refractivity contribution >= 4 is 90.2 Å². The molecule has 3 aromatic carbocycles. The monoisotopic (exact) mass is 1070 g/mol. The minimum Gasteiger partial charge on any atom is -0.503 e. The molecule has 336 valence electrons. The Balaban J connectivity index is 1.34. The number of nitrogens with zero attached hydrogens (tertiary/aromatic N) is 3. The maximum absolute atomic E-state index is 15.5. The normalized spacial score (nSPS) is 24.7. The molecule has 1 aromatic heterocycles. The highest BCUT2D eigenvalue weighted by atomic mass is 79.9. The maximum Gasteiger partial charge on any atom is 0.417 e. The molecule has 64 heavy (non-hydrogen) atoms. The van der Waals surface area contributed by atoms with Crippen LogP contribution in [0.2, 0.25) is 10.0 Å². The van der Waals surface area contributed by atoms with Crippen molar-refractivity contribution in [3.63, 3.8) is 0 Å². The second kappa shape index (κ2) is 15.6. The average Bonchev–Trinajstić information content (AvgIpc) is 3.60. The van der Waals surface area contributed by atoms with Gasteiger partial charge in [-0.1, -0.05) is 47.0 Å². The van der Waals surface area contributed by atoms with Gasteiger partial charge in [-0.25, -0.2) is 9.88 Å². The summed E-state index contributed by atoms with van der Waals surface area (Å²) in [5.74, 6) is -12.5. The van der Waals surface area contributed by atoms with Crippen LogP contribution in [-0.4, -0.2) is 45.8 Å². The number of carbonyl (C=O) groups excluding carboxylic acids is 4. The van der Waals surface area contributed by atoms with Crippen LogP contribution in [0.1, 0.15) is 46.6 Å². The van der Waals surface area contributed by atoms with Gasteiger partial charge >= 0.3 is 18.5 Å². The molecule has 0 radical (unpaired) electrons. The largest absolute Gasteiger partial charge is 0.503 e. The van der Waals surface area contributed by atoms with Crippen LogP contribution in [0.5, 0.6) is 11.5 Å². The molecule has 4 amide bonds. The highest BCUT2D eigenvalue weighted by Crippen LogP contribution is 2.66. The summed E-state index contributed by atoms with van der Waals surface area (Å²) in [4.78, 5) is 63.3. The summed E-state index contributed by atoms with van der Waals surface area (Å²) in [7, 11) is 1.22. The predicted octanol–water partition coefficient (Wildman–Crippen LogP) is 10.9. The Morgan fingerprint density at radius 1 is 0.812 bits per heavy atom. The molecule has 2 aliphatic heterocycles. The van der Waals surface area contributed by atoms with Crippen LogP contribution in [0.4, 0.5) is 51.0 Å². The zero-order valence-corrected chi connectivity index (χ0v) is 36.6. The van der Waals surface area contributed by atoms with Crippen LogP contribution >= 0.6 is 55.1 Å². The van der Waals surface area contributed by atoms with Crippen molar-refractivity contribution < 1.29 is 68.5 Å². The minimum atomic E-state index is -5.33.